The van der Waals surface area contributed by atoms with E-state index in [1.165, 1.54) is 12.3 Å². The molecule has 0 aromatic carbocycles. The van der Waals surface area contributed by atoms with Crippen LogP contribution in [0.1, 0.15) is 18.7 Å². The molecule has 21 heavy (non-hydrogen) atoms. The van der Waals surface area contributed by atoms with Crippen molar-refractivity contribution in [2.24, 2.45) is 0 Å². The molecule has 0 aliphatic carbocycles. The lowest BCUT2D eigenvalue weighted by Crippen LogP contribution is -2.36. The fourth-order valence-electron chi connectivity index (χ4n) is 1.75. The van der Waals surface area contributed by atoms with Crippen LogP contribution in [0.3, 0.4) is 0 Å². The first-order valence-corrected chi connectivity index (χ1v) is 9.33. The second-order valence-corrected chi connectivity index (χ2v) is 8.82. The Morgan fingerprint density at radius 3 is 2.81 bits per heavy atom. The second kappa shape index (κ2) is 6.04. The van der Waals surface area contributed by atoms with E-state index in [0.717, 1.165) is 4.88 Å². The molecule has 0 saturated heterocycles. The van der Waals surface area contributed by atoms with Gasteiger partial charge in [0.25, 0.3) is 0 Å². The number of hydrogen-bond acceptors (Lipinski definition) is 5. The summed E-state index contributed by atoms with van der Waals surface area (Å²) in [6.45, 7) is 4.26. The monoisotopic (exact) mass is 389 g/mol. The van der Waals surface area contributed by atoms with E-state index in [4.69, 9.17) is 5.73 Å². The van der Waals surface area contributed by atoms with Gasteiger partial charge in [0.15, 0.2) is 0 Å². The summed E-state index contributed by atoms with van der Waals surface area (Å²) in [5, 5.41) is 1.97. The van der Waals surface area contributed by atoms with E-state index < -0.39 is 10.0 Å². The Bertz CT molecular complexity index is 728. The van der Waals surface area contributed by atoms with Crippen LogP contribution in [0, 0.1) is 0 Å². The number of sulfonamides is 1. The minimum absolute atomic E-state index is 0.0142. The number of nitrogens with one attached hydrogen (secondary N) is 1. The van der Waals surface area contributed by atoms with Crippen molar-refractivity contribution in [1.82, 2.24) is 9.71 Å². The predicted molar refractivity (Wildman–Crippen MR) is 88.9 cm³/mol. The van der Waals surface area contributed by atoms with Crippen molar-refractivity contribution in [2.75, 3.05) is 12.3 Å². The number of rotatable bonds is 5. The van der Waals surface area contributed by atoms with Crippen molar-refractivity contribution in [3.05, 3.63) is 39.1 Å². The Morgan fingerprint density at radius 2 is 2.19 bits per heavy atom. The minimum Gasteiger partial charge on any atom is -0.383 e. The third-order valence-electron chi connectivity index (χ3n) is 3.03. The maximum atomic E-state index is 12.4. The van der Waals surface area contributed by atoms with Gasteiger partial charge in [-0.25, -0.2) is 18.1 Å². The molecule has 114 valence electrons. The van der Waals surface area contributed by atoms with E-state index in [0.29, 0.717) is 4.47 Å². The normalized spacial score (nSPS) is 12.5. The van der Waals surface area contributed by atoms with Gasteiger partial charge in [0.05, 0.1) is 0 Å². The van der Waals surface area contributed by atoms with E-state index in [9.17, 15) is 8.42 Å². The molecule has 0 spiro atoms. The van der Waals surface area contributed by atoms with Gasteiger partial charge >= 0.3 is 0 Å². The number of anilines is 1. The van der Waals surface area contributed by atoms with Crippen LogP contribution in [0.4, 0.5) is 5.82 Å². The number of nitrogens with zero attached hydrogens (tertiary/aromatic N) is 1. The molecule has 0 aliphatic rings. The summed E-state index contributed by atoms with van der Waals surface area (Å²) in [6.07, 6.45) is 1.46. The highest BCUT2D eigenvalue weighted by Crippen LogP contribution is 2.27. The number of nitrogens with two attached hydrogens (primary N) is 1. The zero-order chi connectivity index (χ0) is 15.7. The van der Waals surface area contributed by atoms with Gasteiger partial charge in [-0.2, -0.15) is 0 Å². The maximum absolute atomic E-state index is 12.4. The summed E-state index contributed by atoms with van der Waals surface area (Å²) < 4.78 is 27.9. The highest BCUT2D eigenvalue weighted by Gasteiger charge is 2.26. The quantitative estimate of drug-likeness (QED) is 0.822. The van der Waals surface area contributed by atoms with Gasteiger partial charge in [-0.3, -0.25) is 0 Å². The SMILES string of the molecule is CC(C)(CNS(=O)(=O)c1cc(Br)cnc1N)c1cccs1. The average molecular weight is 390 g/mol. The van der Waals surface area contributed by atoms with Gasteiger partial charge < -0.3 is 5.73 Å². The molecule has 0 fully saturated rings. The van der Waals surface area contributed by atoms with Crippen molar-refractivity contribution in [3.63, 3.8) is 0 Å². The maximum Gasteiger partial charge on any atom is 0.244 e. The smallest absolute Gasteiger partial charge is 0.244 e. The van der Waals surface area contributed by atoms with Crippen molar-refractivity contribution in [2.45, 2.75) is 24.2 Å². The summed E-state index contributed by atoms with van der Waals surface area (Å²) in [6, 6.07) is 5.39. The molecule has 0 saturated carbocycles. The molecule has 0 atom stereocenters. The molecule has 2 aromatic rings. The fraction of sp³-hybridized carbons (Fsp3) is 0.308. The summed E-state index contributed by atoms with van der Waals surface area (Å²) in [7, 11) is -3.70. The van der Waals surface area contributed by atoms with Crippen LogP contribution in [0.2, 0.25) is 0 Å². The van der Waals surface area contributed by atoms with E-state index in [-0.39, 0.29) is 22.7 Å². The molecule has 0 unspecified atom stereocenters. The highest BCUT2D eigenvalue weighted by atomic mass is 79.9. The van der Waals surface area contributed by atoms with Gasteiger partial charge in [-0.15, -0.1) is 11.3 Å². The van der Waals surface area contributed by atoms with Crippen molar-refractivity contribution < 1.29 is 8.42 Å². The Labute approximate surface area is 136 Å². The zero-order valence-electron chi connectivity index (χ0n) is 11.6. The molecule has 0 aliphatic heterocycles. The molecule has 8 heteroatoms. The third-order valence-corrected chi connectivity index (χ3v) is 6.13. The number of pyridine rings is 1. The number of halogens is 1. The first-order valence-electron chi connectivity index (χ1n) is 6.17. The number of hydrogen-bond donors (Lipinski definition) is 2. The lowest BCUT2D eigenvalue weighted by molar-refractivity contribution is 0.509. The Hall–Kier alpha value is -0.960. The van der Waals surface area contributed by atoms with Gasteiger partial charge in [-0.1, -0.05) is 19.9 Å². The molecular weight excluding hydrogens is 374 g/mol. The molecule has 2 heterocycles. The van der Waals surface area contributed by atoms with Crippen LogP contribution < -0.4 is 10.5 Å². The standard InChI is InChI=1S/C13H16BrN3O2S2/c1-13(2,11-4-3-5-20-11)8-17-21(18,19)10-6-9(14)7-16-12(10)15/h3-7,17H,8H2,1-2H3,(H2,15,16). The molecular formula is C13H16BrN3O2S2. The van der Waals surface area contributed by atoms with Crippen molar-refractivity contribution >= 4 is 43.1 Å². The summed E-state index contributed by atoms with van der Waals surface area (Å²) in [5.41, 5.74) is 5.36. The molecule has 0 bridgehead atoms. The fourth-order valence-corrected chi connectivity index (χ4v) is 4.40. The van der Waals surface area contributed by atoms with Crippen LogP contribution in [0.5, 0.6) is 0 Å². The Morgan fingerprint density at radius 1 is 1.48 bits per heavy atom. The molecule has 0 radical (unpaired) electrons. The number of thiophene rings is 1. The van der Waals surface area contributed by atoms with Crippen molar-refractivity contribution in [3.8, 4) is 0 Å². The van der Waals surface area contributed by atoms with E-state index in [1.807, 2.05) is 31.4 Å². The summed E-state index contributed by atoms with van der Waals surface area (Å²) in [5.74, 6) is -0.0142. The average Bonchev–Trinajstić information content (AvgIpc) is 2.94. The number of nitrogen functional groups attached to an aromatic ring is 1. The van der Waals surface area contributed by atoms with Crippen LogP contribution >= 0.6 is 27.3 Å². The summed E-state index contributed by atoms with van der Waals surface area (Å²) in [4.78, 5) is 4.95. The molecule has 2 rings (SSSR count). The lowest BCUT2D eigenvalue weighted by atomic mass is 9.92. The van der Waals surface area contributed by atoms with Crippen LogP contribution in [-0.2, 0) is 15.4 Å². The van der Waals surface area contributed by atoms with Crippen LogP contribution in [-0.4, -0.2) is 19.9 Å². The molecule has 0 amide bonds. The Balaban J connectivity index is 2.21. The minimum atomic E-state index is -3.70. The zero-order valence-corrected chi connectivity index (χ0v) is 14.8. The van der Waals surface area contributed by atoms with E-state index in [2.05, 4.69) is 25.6 Å². The van der Waals surface area contributed by atoms with Crippen LogP contribution in [0.15, 0.2) is 39.1 Å². The first-order chi connectivity index (χ1) is 9.72. The van der Waals surface area contributed by atoms with Gasteiger partial charge in [0.1, 0.15) is 10.7 Å². The predicted octanol–water partition coefficient (Wildman–Crippen LogP) is 2.74. The molecule has 2 aromatic heterocycles. The van der Waals surface area contributed by atoms with Crippen LogP contribution in [0.25, 0.3) is 0 Å². The first kappa shape index (κ1) is 16.4. The Kier molecular flexibility index (Phi) is 4.72. The van der Waals surface area contributed by atoms with Gasteiger partial charge in [0.2, 0.25) is 10.0 Å². The molecule has 3 N–H and O–H groups in total. The van der Waals surface area contributed by atoms with Gasteiger partial charge in [-0.05, 0) is 33.4 Å². The highest BCUT2D eigenvalue weighted by molar-refractivity contribution is 9.10. The second-order valence-electron chi connectivity index (χ2n) is 5.22. The molecule has 5 nitrogen and oxygen atoms in total. The number of aromatic nitrogens is 1. The van der Waals surface area contributed by atoms with E-state index in [1.54, 1.807) is 11.3 Å². The van der Waals surface area contributed by atoms with E-state index >= 15 is 0 Å². The summed E-state index contributed by atoms with van der Waals surface area (Å²) >= 11 is 4.80. The van der Waals surface area contributed by atoms with Gasteiger partial charge in [0, 0.05) is 27.5 Å². The largest absolute Gasteiger partial charge is 0.383 e. The third kappa shape index (κ3) is 3.82. The lowest BCUT2D eigenvalue weighted by Gasteiger charge is -2.23. The van der Waals surface area contributed by atoms with Crippen molar-refractivity contribution in [1.29, 1.82) is 0 Å². The topological polar surface area (TPSA) is 85.1 Å².